The van der Waals surface area contributed by atoms with Crippen molar-refractivity contribution in [3.05, 3.63) is 28.1 Å². The monoisotopic (exact) mass is 287 g/mol. The smallest absolute Gasteiger partial charge is 0.387 e. The second-order valence-corrected chi connectivity index (χ2v) is 4.49. The zero-order valence-corrected chi connectivity index (χ0v) is 10.8. The lowest BCUT2D eigenvalue weighted by Crippen LogP contribution is -2.13. The molecular formula is C11H11F2N3O2S. The van der Waals surface area contributed by atoms with Crippen molar-refractivity contribution in [3.8, 4) is 5.75 Å². The quantitative estimate of drug-likeness (QED) is 0.888. The fourth-order valence-electron chi connectivity index (χ4n) is 1.43. The molecule has 0 aliphatic heterocycles. The van der Waals surface area contributed by atoms with Gasteiger partial charge < -0.3 is 10.1 Å². The summed E-state index contributed by atoms with van der Waals surface area (Å²) in [5.41, 5.74) is 0.866. The Kier molecular flexibility index (Phi) is 4.10. The standard InChI is InChI=1S/C11H11F2N3O2S/c1-2-6-5-8(16-15-6)14-10(17)9-7(3-4-19-9)18-11(12)13/h3-5,11H,2H2,1H3,(H2,14,15,16,17). The van der Waals surface area contributed by atoms with Crippen LogP contribution in [-0.4, -0.2) is 22.7 Å². The highest BCUT2D eigenvalue weighted by atomic mass is 32.1. The number of carbonyl (C=O) groups excluding carboxylic acids is 1. The van der Waals surface area contributed by atoms with E-state index in [9.17, 15) is 13.6 Å². The summed E-state index contributed by atoms with van der Waals surface area (Å²) >= 11 is 1.02. The number of nitrogens with one attached hydrogen (secondary N) is 2. The first-order chi connectivity index (χ1) is 9.10. The average Bonchev–Trinajstić information content (AvgIpc) is 2.97. The van der Waals surface area contributed by atoms with Gasteiger partial charge in [0, 0.05) is 11.8 Å². The summed E-state index contributed by atoms with van der Waals surface area (Å²) in [4.78, 5) is 12.0. The molecule has 1 amide bonds. The van der Waals surface area contributed by atoms with Crippen molar-refractivity contribution in [2.45, 2.75) is 20.0 Å². The van der Waals surface area contributed by atoms with E-state index >= 15 is 0 Å². The van der Waals surface area contributed by atoms with E-state index in [1.165, 1.54) is 11.4 Å². The summed E-state index contributed by atoms with van der Waals surface area (Å²) in [5.74, 6) is -0.318. The summed E-state index contributed by atoms with van der Waals surface area (Å²) in [7, 11) is 0. The maximum atomic E-state index is 12.2. The third-order valence-electron chi connectivity index (χ3n) is 2.30. The van der Waals surface area contributed by atoms with Crippen molar-refractivity contribution < 1.29 is 18.3 Å². The highest BCUT2D eigenvalue weighted by Crippen LogP contribution is 2.27. The minimum absolute atomic E-state index is 0.0846. The number of hydrogen-bond donors (Lipinski definition) is 2. The van der Waals surface area contributed by atoms with Crippen LogP contribution >= 0.6 is 11.3 Å². The molecule has 0 unspecified atom stereocenters. The Morgan fingerprint density at radius 2 is 2.42 bits per heavy atom. The van der Waals surface area contributed by atoms with Crippen molar-refractivity contribution in [2.75, 3.05) is 5.32 Å². The molecule has 0 spiro atoms. The van der Waals surface area contributed by atoms with E-state index in [0.29, 0.717) is 5.82 Å². The van der Waals surface area contributed by atoms with Gasteiger partial charge in [0.1, 0.15) is 10.6 Å². The van der Waals surface area contributed by atoms with Gasteiger partial charge in [0.05, 0.1) is 0 Å². The van der Waals surface area contributed by atoms with Crippen LogP contribution in [0.2, 0.25) is 0 Å². The number of halogens is 2. The minimum Gasteiger partial charge on any atom is -0.433 e. The van der Waals surface area contributed by atoms with Crippen LogP contribution in [0.3, 0.4) is 0 Å². The van der Waals surface area contributed by atoms with Gasteiger partial charge in [0.2, 0.25) is 0 Å². The van der Waals surface area contributed by atoms with Crippen LogP contribution in [0.5, 0.6) is 5.75 Å². The minimum atomic E-state index is -2.96. The van der Waals surface area contributed by atoms with Crippen molar-refractivity contribution in [1.82, 2.24) is 10.2 Å². The Morgan fingerprint density at radius 1 is 1.63 bits per heavy atom. The van der Waals surface area contributed by atoms with Crippen LogP contribution in [0.15, 0.2) is 17.5 Å². The fraction of sp³-hybridized carbons (Fsp3) is 0.273. The van der Waals surface area contributed by atoms with Crippen LogP contribution in [0.1, 0.15) is 22.3 Å². The second kappa shape index (κ2) is 5.79. The van der Waals surface area contributed by atoms with Gasteiger partial charge in [-0.05, 0) is 17.9 Å². The van der Waals surface area contributed by atoms with Crippen LogP contribution in [0, 0.1) is 0 Å². The van der Waals surface area contributed by atoms with Crippen LogP contribution in [-0.2, 0) is 6.42 Å². The summed E-state index contributed by atoms with van der Waals surface area (Å²) in [5, 5.41) is 10.7. The Morgan fingerprint density at radius 3 is 3.05 bits per heavy atom. The molecule has 5 nitrogen and oxygen atoms in total. The topological polar surface area (TPSA) is 67.0 Å². The first-order valence-electron chi connectivity index (χ1n) is 5.48. The maximum Gasteiger partial charge on any atom is 0.387 e. The van der Waals surface area contributed by atoms with Gasteiger partial charge in [-0.15, -0.1) is 11.3 Å². The molecule has 0 aliphatic rings. The number of aromatic amines is 1. The van der Waals surface area contributed by atoms with Gasteiger partial charge >= 0.3 is 6.61 Å². The lowest BCUT2D eigenvalue weighted by molar-refractivity contribution is -0.0498. The first-order valence-corrected chi connectivity index (χ1v) is 6.36. The maximum absolute atomic E-state index is 12.2. The molecule has 2 rings (SSSR count). The zero-order chi connectivity index (χ0) is 13.8. The number of ether oxygens (including phenoxy) is 1. The number of aryl methyl sites for hydroxylation is 1. The number of thiophene rings is 1. The van der Waals surface area contributed by atoms with E-state index in [1.54, 1.807) is 6.07 Å². The van der Waals surface area contributed by atoms with Gasteiger partial charge in [-0.25, -0.2) is 0 Å². The number of alkyl halides is 2. The number of H-pyrrole nitrogens is 1. The molecule has 2 heterocycles. The molecule has 0 saturated heterocycles. The molecule has 2 N–H and O–H groups in total. The van der Waals surface area contributed by atoms with Crippen LogP contribution in [0.4, 0.5) is 14.6 Å². The van der Waals surface area contributed by atoms with Gasteiger partial charge in [-0.1, -0.05) is 6.92 Å². The molecule has 0 bridgehead atoms. The Bertz CT molecular complexity index is 568. The van der Waals surface area contributed by atoms with E-state index < -0.39 is 12.5 Å². The predicted octanol–water partition coefficient (Wildman–Crippen LogP) is 2.89. The van der Waals surface area contributed by atoms with Crippen LogP contribution in [0.25, 0.3) is 0 Å². The zero-order valence-electron chi connectivity index (χ0n) is 9.94. The lowest BCUT2D eigenvalue weighted by Gasteiger charge is -2.05. The number of aromatic nitrogens is 2. The number of rotatable bonds is 5. The molecule has 0 aliphatic carbocycles. The fourth-order valence-corrected chi connectivity index (χ4v) is 2.15. The lowest BCUT2D eigenvalue weighted by atomic mass is 10.3. The summed E-state index contributed by atoms with van der Waals surface area (Å²) in [6, 6.07) is 3.01. The molecule has 0 aromatic carbocycles. The van der Waals surface area contributed by atoms with E-state index in [-0.39, 0.29) is 10.6 Å². The number of carbonyl (C=O) groups is 1. The normalized spacial score (nSPS) is 10.7. The molecule has 0 radical (unpaired) electrons. The number of nitrogens with zero attached hydrogens (tertiary/aromatic N) is 1. The van der Waals surface area contributed by atoms with Gasteiger partial charge in [0.25, 0.3) is 5.91 Å². The second-order valence-electron chi connectivity index (χ2n) is 3.58. The van der Waals surface area contributed by atoms with Crippen molar-refractivity contribution in [2.24, 2.45) is 0 Å². The third kappa shape index (κ3) is 3.28. The molecule has 102 valence electrons. The summed E-state index contributed by atoms with van der Waals surface area (Å²) < 4.78 is 28.6. The highest BCUT2D eigenvalue weighted by Gasteiger charge is 2.18. The Labute approximate surface area is 111 Å². The number of amides is 1. The summed E-state index contributed by atoms with van der Waals surface area (Å²) in [6.45, 7) is -1.02. The van der Waals surface area contributed by atoms with Crippen molar-refractivity contribution in [3.63, 3.8) is 0 Å². The van der Waals surface area contributed by atoms with Crippen molar-refractivity contribution in [1.29, 1.82) is 0 Å². The molecule has 0 saturated carbocycles. The largest absolute Gasteiger partial charge is 0.433 e. The van der Waals surface area contributed by atoms with E-state index in [2.05, 4.69) is 20.3 Å². The average molecular weight is 287 g/mol. The molecule has 19 heavy (non-hydrogen) atoms. The van der Waals surface area contributed by atoms with E-state index in [4.69, 9.17) is 0 Å². The number of hydrogen-bond acceptors (Lipinski definition) is 4. The van der Waals surface area contributed by atoms with E-state index in [1.807, 2.05) is 6.92 Å². The molecule has 8 heteroatoms. The SMILES string of the molecule is CCc1cc(NC(=O)c2sccc2OC(F)F)n[nH]1. The van der Waals surface area contributed by atoms with Crippen molar-refractivity contribution >= 4 is 23.1 Å². The van der Waals surface area contributed by atoms with E-state index in [0.717, 1.165) is 23.5 Å². The number of anilines is 1. The third-order valence-corrected chi connectivity index (χ3v) is 3.20. The van der Waals surface area contributed by atoms with Gasteiger partial charge in [0.15, 0.2) is 5.82 Å². The molecule has 0 atom stereocenters. The molecular weight excluding hydrogens is 276 g/mol. The molecule has 2 aromatic rings. The first kappa shape index (κ1) is 13.5. The molecule has 0 fully saturated rings. The Hall–Kier alpha value is -1.96. The highest BCUT2D eigenvalue weighted by molar-refractivity contribution is 7.12. The Balaban J connectivity index is 2.09. The van der Waals surface area contributed by atoms with Gasteiger partial charge in [-0.2, -0.15) is 13.9 Å². The summed E-state index contributed by atoms with van der Waals surface area (Å²) in [6.07, 6.45) is 0.752. The molecule has 2 aromatic heterocycles. The van der Waals surface area contributed by atoms with Gasteiger partial charge in [-0.3, -0.25) is 9.89 Å². The predicted molar refractivity (Wildman–Crippen MR) is 66.9 cm³/mol. The van der Waals surface area contributed by atoms with Crippen LogP contribution < -0.4 is 10.1 Å².